The average Bonchev–Trinajstić information content (AvgIpc) is 2.89. The van der Waals surface area contributed by atoms with Crippen molar-refractivity contribution >= 4 is 0 Å². The van der Waals surface area contributed by atoms with Crippen LogP contribution in [-0.4, -0.2) is 0 Å². The number of hydrogen-bond donors (Lipinski definition) is 1. The van der Waals surface area contributed by atoms with Crippen molar-refractivity contribution in [3.63, 3.8) is 0 Å². The summed E-state index contributed by atoms with van der Waals surface area (Å²) in [5.74, 6) is 2.41. The van der Waals surface area contributed by atoms with Crippen molar-refractivity contribution in [1.82, 2.24) is 0 Å². The summed E-state index contributed by atoms with van der Waals surface area (Å²) in [6.07, 6.45) is 6.46. The highest BCUT2D eigenvalue weighted by atomic mass is 19.1. The highest BCUT2D eigenvalue weighted by molar-refractivity contribution is 5.34. The van der Waals surface area contributed by atoms with Gasteiger partial charge in [-0.2, -0.15) is 0 Å². The van der Waals surface area contributed by atoms with Crippen molar-refractivity contribution in [2.75, 3.05) is 0 Å². The number of fused-ring (bicyclic) bond motifs is 2. The zero-order valence-corrected chi connectivity index (χ0v) is 12.0. The molecule has 19 heavy (non-hydrogen) atoms. The number of nitrogens with two attached hydrogens (primary N) is 1. The standard InChI is InChI=1S/C17H24FN/c1-10-5-11(2)17(15(18)6-10)16(19)9-14-8-12-3-4-13(14)7-12/h5-6,12-14,16H,3-4,7-9,19H2,1-2H3. The van der Waals surface area contributed by atoms with Crippen LogP contribution in [0.15, 0.2) is 12.1 Å². The molecule has 0 aliphatic heterocycles. The fourth-order valence-corrected chi connectivity index (χ4v) is 4.51. The van der Waals surface area contributed by atoms with Crippen molar-refractivity contribution in [3.8, 4) is 0 Å². The highest BCUT2D eigenvalue weighted by Gasteiger charge is 2.40. The minimum Gasteiger partial charge on any atom is -0.324 e. The smallest absolute Gasteiger partial charge is 0.128 e. The van der Waals surface area contributed by atoms with E-state index in [0.717, 1.165) is 40.9 Å². The van der Waals surface area contributed by atoms with E-state index in [1.54, 1.807) is 6.07 Å². The normalized spacial score (nSPS) is 30.8. The van der Waals surface area contributed by atoms with E-state index in [9.17, 15) is 4.39 Å². The van der Waals surface area contributed by atoms with Gasteiger partial charge >= 0.3 is 0 Å². The average molecular weight is 261 g/mol. The van der Waals surface area contributed by atoms with E-state index >= 15 is 0 Å². The Morgan fingerprint density at radius 1 is 1.26 bits per heavy atom. The van der Waals surface area contributed by atoms with Crippen LogP contribution in [-0.2, 0) is 0 Å². The maximum Gasteiger partial charge on any atom is 0.128 e. The third-order valence-electron chi connectivity index (χ3n) is 5.29. The van der Waals surface area contributed by atoms with Crippen LogP contribution in [0, 0.1) is 37.4 Å². The number of rotatable bonds is 3. The van der Waals surface area contributed by atoms with Gasteiger partial charge in [0.2, 0.25) is 0 Å². The summed E-state index contributed by atoms with van der Waals surface area (Å²) in [4.78, 5) is 0. The van der Waals surface area contributed by atoms with E-state index in [-0.39, 0.29) is 11.9 Å². The molecule has 4 unspecified atom stereocenters. The van der Waals surface area contributed by atoms with Gasteiger partial charge in [-0.15, -0.1) is 0 Å². The van der Waals surface area contributed by atoms with Gasteiger partial charge in [0.1, 0.15) is 5.82 Å². The largest absolute Gasteiger partial charge is 0.324 e. The lowest BCUT2D eigenvalue weighted by Gasteiger charge is -2.26. The summed E-state index contributed by atoms with van der Waals surface area (Å²) in [5, 5.41) is 0. The lowest BCUT2D eigenvalue weighted by Crippen LogP contribution is -2.21. The summed E-state index contributed by atoms with van der Waals surface area (Å²) < 4.78 is 14.1. The minimum atomic E-state index is -0.134. The van der Waals surface area contributed by atoms with E-state index in [2.05, 4.69) is 0 Å². The molecule has 3 rings (SSSR count). The topological polar surface area (TPSA) is 26.0 Å². The fraction of sp³-hybridized carbons (Fsp3) is 0.647. The molecule has 1 nitrogen and oxygen atoms in total. The molecule has 1 aromatic carbocycles. The van der Waals surface area contributed by atoms with E-state index in [0.29, 0.717) is 0 Å². The molecule has 0 spiro atoms. The van der Waals surface area contributed by atoms with E-state index in [1.807, 2.05) is 19.9 Å². The number of hydrogen-bond acceptors (Lipinski definition) is 1. The predicted octanol–water partition coefficient (Wildman–Crippen LogP) is 4.27. The molecular weight excluding hydrogens is 237 g/mol. The van der Waals surface area contributed by atoms with Crippen molar-refractivity contribution in [3.05, 3.63) is 34.6 Å². The SMILES string of the molecule is Cc1cc(C)c(C(N)CC2CC3CCC2C3)c(F)c1. The van der Waals surface area contributed by atoms with Gasteiger partial charge in [-0.3, -0.25) is 0 Å². The Hall–Kier alpha value is -0.890. The van der Waals surface area contributed by atoms with Crippen molar-refractivity contribution < 1.29 is 4.39 Å². The number of halogens is 1. The van der Waals surface area contributed by atoms with Crippen molar-refractivity contribution in [2.24, 2.45) is 23.5 Å². The number of aryl methyl sites for hydroxylation is 2. The Bertz CT molecular complexity index is 459. The summed E-state index contributed by atoms with van der Waals surface area (Å²) in [5.41, 5.74) is 9.05. The zero-order chi connectivity index (χ0) is 13.6. The summed E-state index contributed by atoms with van der Waals surface area (Å²) in [6.45, 7) is 3.91. The van der Waals surface area contributed by atoms with Crippen LogP contribution < -0.4 is 5.73 Å². The first kappa shape index (κ1) is 13.1. The summed E-state index contributed by atoms with van der Waals surface area (Å²) in [7, 11) is 0. The Morgan fingerprint density at radius 2 is 2.05 bits per heavy atom. The second kappa shape index (κ2) is 4.90. The third kappa shape index (κ3) is 2.43. The van der Waals surface area contributed by atoms with Crippen LogP contribution in [0.3, 0.4) is 0 Å². The minimum absolute atomic E-state index is 0.117. The summed E-state index contributed by atoms with van der Waals surface area (Å²) in [6, 6.07) is 3.52. The molecule has 2 aliphatic carbocycles. The molecule has 2 heteroatoms. The third-order valence-corrected chi connectivity index (χ3v) is 5.29. The molecule has 104 valence electrons. The molecule has 0 aromatic heterocycles. The van der Waals surface area contributed by atoms with E-state index < -0.39 is 0 Å². The maximum absolute atomic E-state index is 14.1. The summed E-state index contributed by atoms with van der Waals surface area (Å²) >= 11 is 0. The Balaban J connectivity index is 1.75. The molecule has 2 saturated carbocycles. The van der Waals surface area contributed by atoms with Gasteiger partial charge in [0.15, 0.2) is 0 Å². The number of benzene rings is 1. The van der Waals surface area contributed by atoms with Crippen molar-refractivity contribution in [2.45, 2.75) is 52.0 Å². The molecule has 2 N–H and O–H groups in total. The van der Waals surface area contributed by atoms with Crippen LogP contribution in [0.2, 0.25) is 0 Å². The Morgan fingerprint density at radius 3 is 2.63 bits per heavy atom. The van der Waals surface area contributed by atoms with Crippen LogP contribution in [0.25, 0.3) is 0 Å². The predicted molar refractivity (Wildman–Crippen MR) is 76.4 cm³/mol. The Labute approximate surface area is 115 Å². The van der Waals surface area contributed by atoms with Gasteiger partial charge in [0.25, 0.3) is 0 Å². The van der Waals surface area contributed by atoms with Gasteiger partial charge < -0.3 is 5.73 Å². The Kier molecular flexibility index (Phi) is 3.38. The fourth-order valence-electron chi connectivity index (χ4n) is 4.51. The first-order chi connectivity index (χ1) is 9.04. The molecule has 0 amide bonds. The molecule has 0 saturated heterocycles. The van der Waals surface area contributed by atoms with Crippen LogP contribution in [0.5, 0.6) is 0 Å². The van der Waals surface area contributed by atoms with Crippen LogP contribution in [0.4, 0.5) is 4.39 Å². The van der Waals surface area contributed by atoms with E-state index in [1.165, 1.54) is 25.7 Å². The lowest BCUT2D eigenvalue weighted by molar-refractivity contribution is 0.294. The first-order valence-electron chi connectivity index (χ1n) is 7.57. The second-order valence-corrected chi connectivity index (χ2v) is 6.75. The highest BCUT2D eigenvalue weighted by Crippen LogP contribution is 2.50. The maximum atomic E-state index is 14.1. The molecule has 0 radical (unpaired) electrons. The zero-order valence-electron chi connectivity index (χ0n) is 12.0. The molecular formula is C17H24FN. The van der Waals surface area contributed by atoms with Gasteiger partial charge in [-0.1, -0.05) is 12.5 Å². The van der Waals surface area contributed by atoms with Gasteiger partial charge in [0, 0.05) is 11.6 Å². The first-order valence-corrected chi connectivity index (χ1v) is 7.57. The molecule has 4 atom stereocenters. The molecule has 0 heterocycles. The molecule has 2 fully saturated rings. The molecule has 2 bridgehead atoms. The quantitative estimate of drug-likeness (QED) is 0.864. The van der Waals surface area contributed by atoms with E-state index in [4.69, 9.17) is 5.73 Å². The van der Waals surface area contributed by atoms with Gasteiger partial charge in [0.05, 0.1) is 0 Å². The molecule has 1 aromatic rings. The van der Waals surface area contributed by atoms with Crippen LogP contribution >= 0.6 is 0 Å². The molecule has 2 aliphatic rings. The van der Waals surface area contributed by atoms with Gasteiger partial charge in [-0.05, 0) is 74.5 Å². The lowest BCUT2D eigenvalue weighted by atomic mass is 9.82. The van der Waals surface area contributed by atoms with Gasteiger partial charge in [-0.25, -0.2) is 4.39 Å². The van der Waals surface area contributed by atoms with Crippen molar-refractivity contribution in [1.29, 1.82) is 0 Å². The van der Waals surface area contributed by atoms with Crippen LogP contribution in [0.1, 0.15) is 54.8 Å². The monoisotopic (exact) mass is 261 g/mol. The second-order valence-electron chi connectivity index (χ2n) is 6.75.